The number of nitrogens with one attached hydrogen (secondary N) is 1. The van der Waals surface area contributed by atoms with Crippen LogP contribution < -0.4 is 5.32 Å². The fraction of sp³-hybridized carbons (Fsp3) is 0.800. The van der Waals surface area contributed by atoms with Crippen LogP contribution in [0, 0.1) is 5.92 Å². The Labute approximate surface area is 69.9 Å². The van der Waals surface area contributed by atoms with Gasteiger partial charge in [0.15, 0.2) is 0 Å². The summed E-state index contributed by atoms with van der Waals surface area (Å²) in [6.07, 6.45) is 3.99. The number of rotatable bonds is 2. The van der Waals surface area contributed by atoms with Crippen LogP contribution in [0.15, 0.2) is 12.2 Å². The maximum Gasteiger partial charge on any atom is 0.0279 e. The molecule has 64 valence electrons. The molecule has 0 aromatic heterocycles. The third-order valence-corrected chi connectivity index (χ3v) is 2.50. The van der Waals surface area contributed by atoms with Crippen LogP contribution in [0.3, 0.4) is 0 Å². The molecule has 0 aromatic rings. The van der Waals surface area contributed by atoms with Crippen molar-refractivity contribution in [3.8, 4) is 0 Å². The maximum absolute atomic E-state index is 4.12. The first-order valence-electron chi connectivity index (χ1n) is 4.64. The molecule has 1 heteroatoms. The molecule has 1 atom stereocenters. The van der Waals surface area contributed by atoms with Crippen molar-refractivity contribution in [3.63, 3.8) is 0 Å². The van der Waals surface area contributed by atoms with Crippen molar-refractivity contribution in [2.45, 2.75) is 39.2 Å². The molecule has 0 saturated carbocycles. The second-order valence-electron chi connectivity index (χ2n) is 3.73. The molecule has 1 rings (SSSR count). The van der Waals surface area contributed by atoms with E-state index < -0.39 is 0 Å². The van der Waals surface area contributed by atoms with E-state index in [9.17, 15) is 0 Å². The van der Waals surface area contributed by atoms with Gasteiger partial charge in [0.1, 0.15) is 0 Å². The molecule has 1 saturated heterocycles. The largest absolute Gasteiger partial charge is 0.310 e. The van der Waals surface area contributed by atoms with Crippen LogP contribution in [0.1, 0.15) is 33.1 Å². The smallest absolute Gasteiger partial charge is 0.0279 e. The number of piperidine rings is 1. The lowest BCUT2D eigenvalue weighted by molar-refractivity contribution is 0.420. The normalized spacial score (nSPS) is 25.5. The molecular formula is C10H19N. The van der Waals surface area contributed by atoms with E-state index in [0.29, 0.717) is 12.0 Å². The summed E-state index contributed by atoms with van der Waals surface area (Å²) >= 11 is 0. The van der Waals surface area contributed by atoms with Crippen LogP contribution in [0.2, 0.25) is 0 Å². The third kappa shape index (κ3) is 2.33. The molecule has 1 nitrogen and oxygen atoms in total. The SMILES string of the molecule is C=C(C(C)C)[C@@H]1CCCCN1. The summed E-state index contributed by atoms with van der Waals surface area (Å²) in [6.45, 7) is 9.73. The van der Waals surface area contributed by atoms with E-state index in [2.05, 4.69) is 25.7 Å². The van der Waals surface area contributed by atoms with Crippen molar-refractivity contribution in [2.24, 2.45) is 5.92 Å². The highest BCUT2D eigenvalue weighted by molar-refractivity contribution is 5.08. The Hall–Kier alpha value is -0.300. The molecule has 1 N–H and O–H groups in total. The van der Waals surface area contributed by atoms with Crippen LogP contribution in [0.4, 0.5) is 0 Å². The summed E-state index contributed by atoms with van der Waals surface area (Å²) in [5, 5.41) is 3.50. The fourth-order valence-corrected chi connectivity index (χ4v) is 1.57. The number of hydrogen-bond acceptors (Lipinski definition) is 1. The van der Waals surface area contributed by atoms with Crippen LogP contribution in [0.5, 0.6) is 0 Å². The Morgan fingerprint density at radius 1 is 1.45 bits per heavy atom. The van der Waals surface area contributed by atoms with Crippen molar-refractivity contribution in [2.75, 3.05) is 6.54 Å². The summed E-state index contributed by atoms with van der Waals surface area (Å²) < 4.78 is 0. The minimum atomic E-state index is 0.601. The molecule has 0 unspecified atom stereocenters. The van der Waals surface area contributed by atoms with E-state index in [0.717, 1.165) is 0 Å². The minimum Gasteiger partial charge on any atom is -0.310 e. The minimum absolute atomic E-state index is 0.601. The first kappa shape index (κ1) is 8.79. The Morgan fingerprint density at radius 3 is 2.64 bits per heavy atom. The Bertz CT molecular complexity index is 132. The lowest BCUT2D eigenvalue weighted by Gasteiger charge is -2.27. The van der Waals surface area contributed by atoms with E-state index in [-0.39, 0.29) is 0 Å². The van der Waals surface area contributed by atoms with Gasteiger partial charge >= 0.3 is 0 Å². The van der Waals surface area contributed by atoms with Gasteiger partial charge in [-0.15, -0.1) is 0 Å². The molecule has 1 heterocycles. The lowest BCUT2D eigenvalue weighted by atomic mass is 9.91. The van der Waals surface area contributed by atoms with Crippen molar-refractivity contribution >= 4 is 0 Å². The summed E-state index contributed by atoms with van der Waals surface area (Å²) in [5.74, 6) is 0.630. The van der Waals surface area contributed by atoms with Gasteiger partial charge in [0.25, 0.3) is 0 Å². The molecule has 11 heavy (non-hydrogen) atoms. The molecular weight excluding hydrogens is 134 g/mol. The highest BCUT2D eigenvalue weighted by Crippen LogP contribution is 2.19. The molecule has 0 radical (unpaired) electrons. The molecule has 1 aliphatic heterocycles. The molecule has 1 fully saturated rings. The van der Waals surface area contributed by atoms with E-state index in [1.54, 1.807) is 0 Å². The maximum atomic E-state index is 4.12. The molecule has 0 spiro atoms. The van der Waals surface area contributed by atoms with Crippen molar-refractivity contribution in [1.82, 2.24) is 5.32 Å². The zero-order valence-corrected chi connectivity index (χ0v) is 7.69. The molecule has 0 aliphatic carbocycles. The highest BCUT2D eigenvalue weighted by Gasteiger charge is 2.16. The van der Waals surface area contributed by atoms with Crippen molar-refractivity contribution < 1.29 is 0 Å². The monoisotopic (exact) mass is 153 g/mol. The van der Waals surface area contributed by atoms with Gasteiger partial charge < -0.3 is 5.32 Å². The third-order valence-electron chi connectivity index (χ3n) is 2.50. The van der Waals surface area contributed by atoms with Gasteiger partial charge in [-0.2, -0.15) is 0 Å². The quantitative estimate of drug-likeness (QED) is 0.600. The van der Waals surface area contributed by atoms with Crippen LogP contribution in [0.25, 0.3) is 0 Å². The first-order chi connectivity index (χ1) is 5.22. The fourth-order valence-electron chi connectivity index (χ4n) is 1.57. The topological polar surface area (TPSA) is 12.0 Å². The summed E-state index contributed by atoms with van der Waals surface area (Å²) in [5.41, 5.74) is 1.38. The highest BCUT2D eigenvalue weighted by atomic mass is 14.9. The van der Waals surface area contributed by atoms with E-state index in [1.165, 1.54) is 31.4 Å². The van der Waals surface area contributed by atoms with Gasteiger partial charge in [0, 0.05) is 6.04 Å². The van der Waals surface area contributed by atoms with Crippen LogP contribution >= 0.6 is 0 Å². The van der Waals surface area contributed by atoms with Crippen molar-refractivity contribution in [1.29, 1.82) is 0 Å². The Balaban J connectivity index is 2.39. The molecule has 1 aliphatic rings. The summed E-state index contributed by atoms with van der Waals surface area (Å²) in [4.78, 5) is 0. The van der Waals surface area contributed by atoms with Gasteiger partial charge in [-0.1, -0.05) is 32.4 Å². The van der Waals surface area contributed by atoms with Gasteiger partial charge in [-0.05, 0) is 25.3 Å². The van der Waals surface area contributed by atoms with Gasteiger partial charge in [-0.25, -0.2) is 0 Å². The zero-order chi connectivity index (χ0) is 8.27. The van der Waals surface area contributed by atoms with Crippen molar-refractivity contribution in [3.05, 3.63) is 12.2 Å². The Morgan fingerprint density at radius 2 is 2.18 bits per heavy atom. The standard InChI is InChI=1S/C10H19N/c1-8(2)9(3)10-6-4-5-7-11-10/h8,10-11H,3-7H2,1-2H3/t10-/m0/s1. The van der Waals surface area contributed by atoms with Crippen LogP contribution in [-0.4, -0.2) is 12.6 Å². The predicted molar refractivity (Wildman–Crippen MR) is 49.6 cm³/mol. The zero-order valence-electron chi connectivity index (χ0n) is 7.69. The van der Waals surface area contributed by atoms with Gasteiger partial charge in [-0.3, -0.25) is 0 Å². The average Bonchev–Trinajstić information content (AvgIpc) is 2.05. The summed E-state index contributed by atoms with van der Waals surface area (Å²) in [6, 6.07) is 0.601. The molecule has 0 aromatic carbocycles. The summed E-state index contributed by atoms with van der Waals surface area (Å²) in [7, 11) is 0. The van der Waals surface area contributed by atoms with E-state index in [4.69, 9.17) is 0 Å². The lowest BCUT2D eigenvalue weighted by Crippen LogP contribution is -2.36. The molecule has 0 bridgehead atoms. The molecule has 0 amide bonds. The van der Waals surface area contributed by atoms with E-state index in [1.807, 2.05) is 0 Å². The number of hydrogen-bond donors (Lipinski definition) is 1. The van der Waals surface area contributed by atoms with Gasteiger partial charge in [0.05, 0.1) is 0 Å². The predicted octanol–water partition coefficient (Wildman–Crippen LogP) is 2.34. The first-order valence-corrected chi connectivity index (χ1v) is 4.64. The Kier molecular flexibility index (Phi) is 3.13. The second kappa shape index (κ2) is 3.91. The van der Waals surface area contributed by atoms with Gasteiger partial charge in [0.2, 0.25) is 0 Å². The van der Waals surface area contributed by atoms with Crippen LogP contribution in [-0.2, 0) is 0 Å². The second-order valence-corrected chi connectivity index (χ2v) is 3.73. The average molecular weight is 153 g/mol. The van der Waals surface area contributed by atoms with E-state index >= 15 is 0 Å².